The third-order valence-corrected chi connectivity index (χ3v) is 14.2. The molecule has 0 bridgehead atoms. The van der Waals surface area contributed by atoms with E-state index in [0.29, 0.717) is 17.7 Å². The molecule has 1 saturated heterocycles. The third-order valence-electron chi connectivity index (χ3n) is 14.2. The number of fused-ring (bicyclic) bond motifs is 7. The molecule has 2 aromatic rings. The van der Waals surface area contributed by atoms with Gasteiger partial charge in [0.2, 0.25) is 5.91 Å². The molecule has 0 spiro atoms. The van der Waals surface area contributed by atoms with Crippen molar-refractivity contribution in [2.45, 2.75) is 110 Å². The molecule has 1 aliphatic heterocycles. The molecule has 3 N–H and O–H groups in total. The number of ketones is 3. The quantitative estimate of drug-likeness (QED) is 0.228. The number of halogens is 2. The number of carbonyl (C=O) groups is 4. The van der Waals surface area contributed by atoms with E-state index >= 15 is 8.78 Å². The zero-order chi connectivity index (χ0) is 40.5. The second-order valence-corrected chi connectivity index (χ2v) is 17.7. The monoisotopic (exact) mass is 773 g/mol. The van der Waals surface area contributed by atoms with Crippen molar-refractivity contribution < 1.29 is 47.6 Å². The van der Waals surface area contributed by atoms with Gasteiger partial charge < -0.3 is 25.0 Å². The van der Waals surface area contributed by atoms with Gasteiger partial charge in [0.1, 0.15) is 18.6 Å². The fourth-order valence-electron chi connectivity index (χ4n) is 10.7. The number of aliphatic hydroxyl groups is 2. The Kier molecular flexibility index (Phi) is 10.4. The van der Waals surface area contributed by atoms with Crippen LogP contribution in [0.2, 0.25) is 0 Å². The van der Waals surface area contributed by atoms with Crippen LogP contribution >= 0.6 is 0 Å². The predicted octanol–water partition coefficient (Wildman–Crippen LogP) is 6.75. The van der Waals surface area contributed by atoms with Crippen LogP contribution in [0.1, 0.15) is 90.2 Å². The molecule has 3 saturated carbocycles. The van der Waals surface area contributed by atoms with Crippen molar-refractivity contribution in [3.8, 4) is 0 Å². The standard InChI is InChI=1S/C45H53F2NO8/c1-24(2)26(4)36(51)16-25(3)40(54)48-30-9-7-8-28(18-30)17-27-10-12-29(13-11-27)41-55-39-21-32-33-20-35(46)34-19-31(50)14-15-42(34,5)44(33,47)37(52)22-43(32,6)45(39,56-41)38(53)23-49/h7-15,18-19,24-26,32-33,35,37,39,41,49,52H,16-17,20-23H2,1-6H3,(H,48,54)/t25-,26+,32+,33+,35+,37+,39-,41-,42+,43+,44+,45-/m1/s1. The van der Waals surface area contributed by atoms with Gasteiger partial charge in [-0.2, -0.15) is 0 Å². The Bertz CT molecular complexity index is 1980. The first-order chi connectivity index (χ1) is 26.4. The molecule has 11 heteroatoms. The Morgan fingerprint density at radius 2 is 1.71 bits per heavy atom. The molecule has 4 aliphatic carbocycles. The molecule has 12 atom stereocenters. The number of rotatable bonds is 11. The van der Waals surface area contributed by atoms with Gasteiger partial charge in [0.15, 0.2) is 29.1 Å². The topological polar surface area (TPSA) is 139 Å². The van der Waals surface area contributed by atoms with Crippen LogP contribution < -0.4 is 5.32 Å². The number of nitrogens with one attached hydrogen (secondary N) is 1. The number of anilines is 1. The zero-order valence-corrected chi connectivity index (χ0v) is 32.9. The number of benzene rings is 2. The number of carbonyl (C=O) groups excluding carboxylic acids is 4. The summed E-state index contributed by atoms with van der Waals surface area (Å²) in [6, 6.07) is 15.0. The summed E-state index contributed by atoms with van der Waals surface area (Å²) in [4.78, 5) is 51.6. The lowest BCUT2D eigenvalue weighted by molar-refractivity contribution is -0.235. The molecule has 9 nitrogen and oxygen atoms in total. The van der Waals surface area contributed by atoms with Crippen molar-refractivity contribution in [3.63, 3.8) is 0 Å². The minimum Gasteiger partial charge on any atom is -0.390 e. The Morgan fingerprint density at radius 1 is 1.00 bits per heavy atom. The van der Waals surface area contributed by atoms with Crippen LogP contribution in [0.5, 0.6) is 0 Å². The lowest BCUT2D eigenvalue weighted by Gasteiger charge is -2.63. The van der Waals surface area contributed by atoms with Crippen molar-refractivity contribution in [2.24, 2.45) is 40.4 Å². The van der Waals surface area contributed by atoms with Gasteiger partial charge in [0, 0.05) is 46.3 Å². The lowest BCUT2D eigenvalue weighted by atomic mass is 9.44. The molecular formula is C45H53F2NO8. The molecule has 5 aliphatic rings. The van der Waals surface area contributed by atoms with Crippen molar-refractivity contribution in [1.29, 1.82) is 0 Å². The SMILES string of the molecule is CC(C)[C@H](C)C(=O)C[C@@H](C)C(=O)Nc1cccc(Cc2ccc([C@@H]3O[C@@H]4C[C@H]5[C@@H]6C[C@H](F)C7=CC(=O)C=C[C@]7(C)[C@@]6(F)[C@@H](O)C[C@]5(C)[C@]4(C(=O)CO)O3)cc2)c1. The highest BCUT2D eigenvalue weighted by molar-refractivity contribution is 6.01. The van der Waals surface area contributed by atoms with E-state index in [1.54, 1.807) is 13.8 Å². The van der Waals surface area contributed by atoms with Gasteiger partial charge in [-0.25, -0.2) is 8.78 Å². The van der Waals surface area contributed by atoms with E-state index < -0.39 is 82.7 Å². The maximum Gasteiger partial charge on any atom is 0.227 e. The number of hydrogen-bond donors (Lipinski definition) is 3. The van der Waals surface area contributed by atoms with Gasteiger partial charge in [0.05, 0.1) is 12.2 Å². The third kappa shape index (κ3) is 6.15. The summed E-state index contributed by atoms with van der Waals surface area (Å²) < 4.78 is 46.7. The number of Topliss-reactive ketones (excluding diaryl/α,β-unsaturated/α-hetero) is 2. The molecule has 0 radical (unpaired) electrons. The first-order valence-corrected chi connectivity index (χ1v) is 19.8. The maximum absolute atomic E-state index is 17.7. The lowest BCUT2D eigenvalue weighted by Crippen LogP contribution is -2.70. The molecule has 7 rings (SSSR count). The van der Waals surface area contributed by atoms with Crippen molar-refractivity contribution in [3.05, 3.63) is 89.0 Å². The molecule has 1 heterocycles. The van der Waals surface area contributed by atoms with E-state index in [1.807, 2.05) is 69.3 Å². The Labute approximate surface area is 326 Å². The number of ether oxygens (including phenoxy) is 2. The molecular weight excluding hydrogens is 720 g/mol. The highest BCUT2D eigenvalue weighted by Crippen LogP contribution is 2.72. The van der Waals surface area contributed by atoms with E-state index in [4.69, 9.17) is 9.47 Å². The number of amides is 1. The van der Waals surface area contributed by atoms with Crippen LogP contribution in [0.3, 0.4) is 0 Å². The largest absolute Gasteiger partial charge is 0.390 e. The fraction of sp³-hybridized carbons (Fsp3) is 0.556. The van der Waals surface area contributed by atoms with Crippen LogP contribution in [-0.4, -0.2) is 69.7 Å². The molecule has 300 valence electrons. The van der Waals surface area contributed by atoms with Crippen molar-refractivity contribution in [1.82, 2.24) is 0 Å². The maximum atomic E-state index is 17.7. The van der Waals surface area contributed by atoms with Crippen LogP contribution in [0.4, 0.5) is 14.5 Å². The summed E-state index contributed by atoms with van der Waals surface area (Å²) in [7, 11) is 0. The summed E-state index contributed by atoms with van der Waals surface area (Å²) in [5.74, 6) is -3.23. The Morgan fingerprint density at radius 3 is 2.39 bits per heavy atom. The predicted molar refractivity (Wildman–Crippen MR) is 205 cm³/mol. The molecule has 4 fully saturated rings. The summed E-state index contributed by atoms with van der Waals surface area (Å²) in [5.41, 5.74) is -3.63. The van der Waals surface area contributed by atoms with Gasteiger partial charge in [-0.05, 0) is 85.4 Å². The number of aliphatic hydroxyl groups excluding tert-OH is 2. The summed E-state index contributed by atoms with van der Waals surface area (Å²) in [5, 5.41) is 25.0. The van der Waals surface area contributed by atoms with Gasteiger partial charge in [-0.1, -0.05) is 77.1 Å². The average molecular weight is 774 g/mol. The summed E-state index contributed by atoms with van der Waals surface area (Å²) in [6.45, 7) is 10.1. The second-order valence-electron chi connectivity index (χ2n) is 17.7. The van der Waals surface area contributed by atoms with Crippen LogP contribution in [0.25, 0.3) is 0 Å². The number of allylic oxidation sites excluding steroid dienone is 4. The summed E-state index contributed by atoms with van der Waals surface area (Å²) >= 11 is 0. The first-order valence-electron chi connectivity index (χ1n) is 19.8. The number of hydrogen-bond acceptors (Lipinski definition) is 8. The van der Waals surface area contributed by atoms with Crippen LogP contribution in [0, 0.1) is 40.4 Å². The normalized spacial score (nSPS) is 36.8. The van der Waals surface area contributed by atoms with E-state index in [9.17, 15) is 29.4 Å². The Hall–Kier alpha value is -3.90. The molecule has 2 aromatic carbocycles. The van der Waals surface area contributed by atoms with Gasteiger partial charge in [-0.3, -0.25) is 19.2 Å². The molecule has 56 heavy (non-hydrogen) atoms. The highest BCUT2D eigenvalue weighted by atomic mass is 19.1. The molecule has 0 aromatic heterocycles. The van der Waals surface area contributed by atoms with Crippen molar-refractivity contribution >= 4 is 28.9 Å². The Balaban J connectivity index is 1.07. The molecule has 0 unspecified atom stereocenters. The highest BCUT2D eigenvalue weighted by Gasteiger charge is 2.80. The minimum absolute atomic E-state index is 0.0206. The van der Waals surface area contributed by atoms with Gasteiger partial charge in [0.25, 0.3) is 0 Å². The van der Waals surface area contributed by atoms with E-state index in [2.05, 4.69) is 5.32 Å². The second kappa shape index (κ2) is 14.5. The summed E-state index contributed by atoms with van der Waals surface area (Å²) in [6.07, 6.45) is -0.977. The molecule has 1 amide bonds. The van der Waals surface area contributed by atoms with Gasteiger partial charge in [-0.15, -0.1) is 0 Å². The zero-order valence-electron chi connectivity index (χ0n) is 32.9. The van der Waals surface area contributed by atoms with Crippen molar-refractivity contribution in [2.75, 3.05) is 11.9 Å². The van der Waals surface area contributed by atoms with Gasteiger partial charge >= 0.3 is 0 Å². The van der Waals surface area contributed by atoms with E-state index in [0.717, 1.165) is 17.2 Å². The first kappa shape index (κ1) is 40.3. The van der Waals surface area contributed by atoms with E-state index in [-0.39, 0.29) is 54.8 Å². The van der Waals surface area contributed by atoms with Crippen LogP contribution in [-0.2, 0) is 35.1 Å². The van der Waals surface area contributed by atoms with Crippen LogP contribution in [0.15, 0.2) is 72.3 Å². The number of alkyl halides is 2. The fourth-order valence-corrected chi connectivity index (χ4v) is 10.7. The average Bonchev–Trinajstić information content (AvgIpc) is 3.66. The smallest absolute Gasteiger partial charge is 0.227 e. The minimum atomic E-state index is -2.32. The van der Waals surface area contributed by atoms with E-state index in [1.165, 1.54) is 19.1 Å².